The van der Waals surface area contributed by atoms with Crippen molar-refractivity contribution < 1.29 is 9.47 Å². The van der Waals surface area contributed by atoms with Gasteiger partial charge in [-0.25, -0.2) is 0 Å². The fraction of sp³-hybridized carbons (Fsp3) is 0.300. The van der Waals surface area contributed by atoms with Gasteiger partial charge in [0.2, 0.25) is 0 Å². The maximum atomic E-state index is 5.56. The molecule has 2 nitrogen and oxygen atoms in total. The highest BCUT2D eigenvalue weighted by molar-refractivity contribution is 9.11. The Labute approximate surface area is 97.4 Å². The van der Waals surface area contributed by atoms with E-state index in [0.717, 1.165) is 4.48 Å². The molecule has 4 heteroatoms. The third kappa shape index (κ3) is 5.90. The number of hydrogen-bond acceptors (Lipinski definition) is 2. The maximum Gasteiger partial charge on any atom is 0.188 e. The fourth-order valence-corrected chi connectivity index (χ4v) is 0.817. The number of methoxy groups -OCH3 is 1. The zero-order chi connectivity index (χ0) is 11.0. The molecule has 0 amide bonds. The Morgan fingerprint density at radius 3 is 2.71 bits per heavy atom. The molecule has 76 valence electrons. The van der Waals surface area contributed by atoms with Crippen molar-refractivity contribution in [2.45, 2.75) is 6.92 Å². The van der Waals surface area contributed by atoms with Crippen LogP contribution in [0.15, 0.2) is 27.1 Å². The van der Waals surface area contributed by atoms with Crippen molar-refractivity contribution in [1.82, 2.24) is 0 Å². The lowest BCUT2D eigenvalue weighted by atomic mass is 10.4. The number of allylic oxidation sites excluding steroid dienone is 2. The molecular weight excluding hydrogens is 267 g/mol. The molecule has 0 aliphatic carbocycles. The summed E-state index contributed by atoms with van der Waals surface area (Å²) < 4.78 is 10.8. The third-order valence-corrected chi connectivity index (χ3v) is 1.74. The summed E-state index contributed by atoms with van der Waals surface area (Å²) in [6.07, 6.45) is 6.59. The maximum absolute atomic E-state index is 5.56. The van der Waals surface area contributed by atoms with E-state index in [-0.39, 0.29) is 11.8 Å². The van der Waals surface area contributed by atoms with Gasteiger partial charge in [-0.3, -0.25) is 0 Å². The first kappa shape index (κ1) is 13.4. The lowest BCUT2D eigenvalue weighted by Gasteiger charge is -2.04. The second kappa shape index (κ2) is 7.73. The van der Waals surface area contributed by atoms with Gasteiger partial charge in [-0.05, 0) is 12.8 Å². The van der Waals surface area contributed by atoms with Crippen LogP contribution < -0.4 is 0 Å². The van der Waals surface area contributed by atoms with Gasteiger partial charge in [0.05, 0.1) is 0 Å². The van der Waals surface area contributed by atoms with E-state index in [1.54, 1.807) is 6.08 Å². The number of hydrogen-bond donors (Lipinski definition) is 0. The van der Waals surface area contributed by atoms with E-state index in [9.17, 15) is 0 Å². The van der Waals surface area contributed by atoms with Crippen molar-refractivity contribution in [2.24, 2.45) is 0 Å². The van der Waals surface area contributed by atoms with Gasteiger partial charge >= 0.3 is 0 Å². The van der Waals surface area contributed by atoms with Crippen LogP contribution in [0.2, 0.25) is 0 Å². The Bertz CT molecular complexity index is 316. The van der Waals surface area contributed by atoms with E-state index in [4.69, 9.17) is 27.5 Å². The second-order valence-corrected chi connectivity index (χ2v) is 3.76. The molecule has 14 heavy (non-hydrogen) atoms. The van der Waals surface area contributed by atoms with E-state index < -0.39 is 0 Å². The standard InChI is InChI=1S/C10H10BrClO2/c1-4-9(12)5-6-10(8(2)11)14-7-13-3/h1,6H,7H2,2-3H3/b10-8-. The van der Waals surface area contributed by atoms with Crippen molar-refractivity contribution in [1.29, 1.82) is 0 Å². The zero-order valence-electron chi connectivity index (χ0n) is 7.93. The minimum absolute atomic E-state index is 0.157. The first-order chi connectivity index (χ1) is 6.61. The molecule has 0 aromatic heterocycles. The SMILES string of the molecule is C#CC(Cl)=C=C/C(OCOC)=C(\C)Br. The highest BCUT2D eigenvalue weighted by atomic mass is 79.9. The van der Waals surface area contributed by atoms with Crippen LogP contribution in [0.4, 0.5) is 0 Å². The molecule has 0 aromatic rings. The van der Waals surface area contributed by atoms with Crippen LogP contribution >= 0.6 is 27.5 Å². The molecule has 0 N–H and O–H groups in total. The number of rotatable bonds is 4. The minimum Gasteiger partial charge on any atom is -0.466 e. The van der Waals surface area contributed by atoms with Crippen molar-refractivity contribution in [3.63, 3.8) is 0 Å². The van der Waals surface area contributed by atoms with Crippen LogP contribution in [0.3, 0.4) is 0 Å². The van der Waals surface area contributed by atoms with Gasteiger partial charge in [-0.2, -0.15) is 0 Å². The van der Waals surface area contributed by atoms with E-state index in [1.807, 2.05) is 6.92 Å². The van der Waals surface area contributed by atoms with E-state index in [1.165, 1.54) is 7.11 Å². The first-order valence-corrected chi connectivity index (χ1v) is 4.85. The third-order valence-electron chi connectivity index (χ3n) is 1.13. The largest absolute Gasteiger partial charge is 0.466 e. The molecule has 0 unspecified atom stereocenters. The zero-order valence-corrected chi connectivity index (χ0v) is 10.3. The van der Waals surface area contributed by atoms with Crippen LogP contribution in [0.5, 0.6) is 0 Å². The second-order valence-electron chi connectivity index (χ2n) is 2.20. The lowest BCUT2D eigenvalue weighted by molar-refractivity contribution is 0.00972. The summed E-state index contributed by atoms with van der Waals surface area (Å²) in [6.45, 7) is 1.98. The summed E-state index contributed by atoms with van der Waals surface area (Å²) in [6, 6.07) is 0. The van der Waals surface area contributed by atoms with E-state index in [2.05, 4.69) is 27.6 Å². The molecule has 0 saturated heterocycles. The summed E-state index contributed by atoms with van der Waals surface area (Å²) in [7, 11) is 1.54. The van der Waals surface area contributed by atoms with Gasteiger partial charge in [0.25, 0.3) is 0 Å². The number of ether oxygens (including phenoxy) is 2. The van der Waals surface area contributed by atoms with Crippen molar-refractivity contribution >= 4 is 27.5 Å². The van der Waals surface area contributed by atoms with Gasteiger partial charge in [0.15, 0.2) is 6.79 Å². The van der Waals surface area contributed by atoms with Crippen LogP contribution in [0.25, 0.3) is 0 Å². The molecule has 0 radical (unpaired) electrons. The normalized spacial score (nSPS) is 10.8. The van der Waals surface area contributed by atoms with E-state index in [0.29, 0.717) is 5.76 Å². The van der Waals surface area contributed by atoms with Crippen LogP contribution in [-0.4, -0.2) is 13.9 Å². The summed E-state index contributed by atoms with van der Waals surface area (Å²) in [5, 5.41) is 0.192. The van der Waals surface area contributed by atoms with Crippen molar-refractivity contribution in [2.75, 3.05) is 13.9 Å². The van der Waals surface area contributed by atoms with Gasteiger partial charge < -0.3 is 9.47 Å². The van der Waals surface area contributed by atoms with Crippen molar-refractivity contribution in [3.05, 3.63) is 27.1 Å². The minimum atomic E-state index is 0.157. The molecular formula is C10H10BrClO2. The Balaban J connectivity index is 4.67. The molecule has 0 heterocycles. The topological polar surface area (TPSA) is 18.5 Å². The monoisotopic (exact) mass is 276 g/mol. The average molecular weight is 278 g/mol. The quantitative estimate of drug-likeness (QED) is 0.258. The van der Waals surface area contributed by atoms with Crippen LogP contribution in [0.1, 0.15) is 6.92 Å². The molecule has 0 spiro atoms. The Kier molecular flexibility index (Phi) is 7.37. The smallest absolute Gasteiger partial charge is 0.188 e. The first-order valence-electron chi connectivity index (χ1n) is 3.68. The average Bonchev–Trinajstić information content (AvgIpc) is 2.16. The predicted octanol–water partition coefficient (Wildman–Crippen LogP) is 3.14. The number of terminal acetylenes is 1. The van der Waals surface area contributed by atoms with Gasteiger partial charge in [0.1, 0.15) is 10.8 Å². The Morgan fingerprint density at radius 2 is 2.29 bits per heavy atom. The highest BCUT2D eigenvalue weighted by Gasteiger charge is 1.96. The Morgan fingerprint density at radius 1 is 1.64 bits per heavy atom. The fourth-order valence-electron chi connectivity index (χ4n) is 0.534. The molecule has 0 aromatic carbocycles. The predicted molar refractivity (Wildman–Crippen MR) is 60.9 cm³/mol. The molecule has 0 atom stereocenters. The molecule has 0 fully saturated rings. The van der Waals surface area contributed by atoms with Gasteiger partial charge in [0, 0.05) is 17.7 Å². The molecule has 0 bridgehead atoms. The molecule has 0 aliphatic heterocycles. The van der Waals surface area contributed by atoms with Crippen LogP contribution in [-0.2, 0) is 9.47 Å². The van der Waals surface area contributed by atoms with Crippen molar-refractivity contribution in [3.8, 4) is 12.3 Å². The van der Waals surface area contributed by atoms with E-state index >= 15 is 0 Å². The summed E-state index contributed by atoms with van der Waals surface area (Å²) in [5.41, 5.74) is 2.68. The molecule has 0 saturated carbocycles. The summed E-state index contributed by atoms with van der Waals surface area (Å²) in [5.74, 6) is 2.80. The summed E-state index contributed by atoms with van der Waals surface area (Å²) >= 11 is 8.83. The molecule has 0 aliphatic rings. The van der Waals surface area contributed by atoms with Gasteiger partial charge in [-0.1, -0.05) is 33.3 Å². The number of halogens is 2. The van der Waals surface area contributed by atoms with Gasteiger partial charge in [-0.15, -0.1) is 6.42 Å². The Hall–Kier alpha value is -0.650. The van der Waals surface area contributed by atoms with Crippen LogP contribution in [0, 0.1) is 12.3 Å². The highest BCUT2D eigenvalue weighted by Crippen LogP contribution is 2.13. The lowest BCUT2D eigenvalue weighted by Crippen LogP contribution is -1.95. The molecule has 0 rings (SSSR count). The summed E-state index contributed by atoms with van der Waals surface area (Å²) in [4.78, 5) is 0.